The number of benzene rings is 2. The Bertz CT molecular complexity index is 1170. The largest absolute Gasteiger partial charge is 1.00 e. The van der Waals surface area contributed by atoms with Crippen molar-refractivity contribution in [3.05, 3.63) is 35.4 Å². The Morgan fingerprint density at radius 3 is 2.42 bits per heavy atom. The number of hydrogen-bond acceptors (Lipinski definition) is 6. The molecule has 4 rings (SSSR count). The van der Waals surface area contributed by atoms with E-state index in [0.29, 0.717) is 5.75 Å². The minimum Gasteiger partial charge on any atom is -0.716 e. The fourth-order valence-corrected chi connectivity index (χ4v) is 6.55. The summed E-state index contributed by atoms with van der Waals surface area (Å²) in [7, 11) is -7.08. The Balaban J connectivity index is 0.00000306. The number of hydrogen-bond donors (Lipinski definition) is 1. The molecular formula is C24H33NaO6SSi. The van der Waals surface area contributed by atoms with E-state index in [4.69, 9.17) is 4.43 Å². The van der Waals surface area contributed by atoms with Crippen molar-refractivity contribution < 1.29 is 56.2 Å². The molecule has 1 fully saturated rings. The van der Waals surface area contributed by atoms with Crippen molar-refractivity contribution in [3.63, 3.8) is 0 Å². The van der Waals surface area contributed by atoms with Crippen LogP contribution in [-0.2, 0) is 16.8 Å². The SMILES string of the molecule is CC12CCc3c(cc(O[Si](C)(C)C(C)(C)C)c4cc(OS(=O)(=O)[O-])ccc34)C1CC[C@@H]2O.[Na+]. The first-order valence-electron chi connectivity index (χ1n) is 11.2. The van der Waals surface area contributed by atoms with Crippen molar-refractivity contribution in [2.45, 2.75) is 83.5 Å². The smallest absolute Gasteiger partial charge is 0.716 e. The van der Waals surface area contributed by atoms with Crippen molar-refractivity contribution in [1.29, 1.82) is 0 Å². The molecule has 0 radical (unpaired) electrons. The average Bonchev–Trinajstić information content (AvgIpc) is 2.94. The number of fused-ring (bicyclic) bond motifs is 5. The van der Waals surface area contributed by atoms with Gasteiger partial charge in [-0.25, -0.2) is 8.42 Å². The van der Waals surface area contributed by atoms with Gasteiger partial charge in [0.1, 0.15) is 11.5 Å². The van der Waals surface area contributed by atoms with Gasteiger partial charge in [0.05, 0.1) is 6.10 Å². The first-order chi connectivity index (χ1) is 14.6. The van der Waals surface area contributed by atoms with Crippen molar-refractivity contribution in [3.8, 4) is 11.5 Å². The molecule has 0 aliphatic heterocycles. The Morgan fingerprint density at radius 2 is 1.82 bits per heavy atom. The molecule has 9 heteroatoms. The molecule has 2 aliphatic carbocycles. The number of aliphatic hydroxyl groups excluding tert-OH is 1. The molecule has 2 aromatic carbocycles. The van der Waals surface area contributed by atoms with E-state index in [0.717, 1.165) is 36.5 Å². The van der Waals surface area contributed by atoms with E-state index in [9.17, 15) is 18.1 Å². The van der Waals surface area contributed by atoms with Crippen molar-refractivity contribution in [2.75, 3.05) is 0 Å². The second kappa shape index (κ2) is 8.80. The predicted octanol–water partition coefficient (Wildman–Crippen LogP) is 2.26. The van der Waals surface area contributed by atoms with E-state index in [1.54, 1.807) is 6.07 Å². The maximum absolute atomic E-state index is 11.2. The van der Waals surface area contributed by atoms with E-state index in [2.05, 4.69) is 51.0 Å². The van der Waals surface area contributed by atoms with Crippen LogP contribution in [0.3, 0.4) is 0 Å². The quantitative estimate of drug-likeness (QED) is 0.393. The van der Waals surface area contributed by atoms with Crippen LogP contribution >= 0.6 is 0 Å². The minimum absolute atomic E-state index is 0. The van der Waals surface area contributed by atoms with Crippen LogP contribution in [0.25, 0.3) is 10.8 Å². The molecule has 176 valence electrons. The van der Waals surface area contributed by atoms with Gasteiger partial charge in [-0.1, -0.05) is 33.8 Å². The van der Waals surface area contributed by atoms with Crippen molar-refractivity contribution in [1.82, 2.24) is 0 Å². The van der Waals surface area contributed by atoms with E-state index in [1.165, 1.54) is 17.2 Å². The normalized spacial score (nSPS) is 25.2. The molecule has 6 nitrogen and oxygen atoms in total. The summed E-state index contributed by atoms with van der Waals surface area (Å²) >= 11 is 0. The molecule has 0 aromatic heterocycles. The zero-order valence-corrected chi connectivity index (χ0v) is 24.5. The molecule has 3 atom stereocenters. The fourth-order valence-electron chi connectivity index (χ4n) is 5.19. The molecule has 0 heterocycles. The first kappa shape index (κ1) is 27.0. The Labute approximate surface area is 220 Å². The van der Waals surface area contributed by atoms with E-state index in [-0.39, 0.29) is 57.8 Å². The molecule has 0 amide bonds. The summed E-state index contributed by atoms with van der Waals surface area (Å²) in [6, 6.07) is 7.07. The third kappa shape index (κ3) is 4.90. The third-order valence-corrected chi connectivity index (χ3v) is 12.9. The minimum atomic E-state index is -4.87. The maximum Gasteiger partial charge on any atom is 1.00 e. The van der Waals surface area contributed by atoms with Crippen LogP contribution in [0.4, 0.5) is 0 Å². The first-order valence-corrected chi connectivity index (χ1v) is 15.5. The van der Waals surface area contributed by atoms with Gasteiger partial charge < -0.3 is 18.3 Å². The zero-order chi connectivity index (χ0) is 23.7. The number of rotatable bonds is 4. The van der Waals surface area contributed by atoms with Gasteiger partial charge in [-0.3, -0.25) is 0 Å². The van der Waals surface area contributed by atoms with Crippen LogP contribution in [-0.4, -0.2) is 32.5 Å². The number of aliphatic hydroxyl groups is 1. The summed E-state index contributed by atoms with van der Waals surface area (Å²) in [5.74, 6) is 0.944. The Kier molecular flexibility index (Phi) is 7.20. The molecule has 0 saturated heterocycles. The summed E-state index contributed by atoms with van der Waals surface area (Å²) in [5, 5.41) is 12.4. The summed E-state index contributed by atoms with van der Waals surface area (Å²) < 4.78 is 44.9. The van der Waals surface area contributed by atoms with E-state index < -0.39 is 18.7 Å². The molecule has 1 saturated carbocycles. The molecule has 2 unspecified atom stereocenters. The van der Waals surface area contributed by atoms with Crippen LogP contribution in [0.2, 0.25) is 18.1 Å². The average molecular weight is 501 g/mol. The predicted molar refractivity (Wildman–Crippen MR) is 127 cm³/mol. The third-order valence-electron chi connectivity index (χ3n) is 8.16. The molecule has 2 aromatic rings. The molecule has 1 N–H and O–H groups in total. The zero-order valence-electron chi connectivity index (χ0n) is 20.7. The summed E-state index contributed by atoms with van der Waals surface area (Å²) in [6.07, 6.45) is 3.16. The van der Waals surface area contributed by atoms with Gasteiger partial charge in [0.15, 0.2) is 0 Å². The molecule has 2 aliphatic rings. The Hall–Kier alpha value is -0.613. The second-order valence-electron chi connectivity index (χ2n) is 11.2. The molecule has 0 bridgehead atoms. The van der Waals surface area contributed by atoms with Crippen LogP contribution in [0.15, 0.2) is 24.3 Å². The van der Waals surface area contributed by atoms with Crippen molar-refractivity contribution in [2.24, 2.45) is 5.41 Å². The van der Waals surface area contributed by atoms with E-state index >= 15 is 0 Å². The summed E-state index contributed by atoms with van der Waals surface area (Å²) in [4.78, 5) is 0. The van der Waals surface area contributed by atoms with Crippen LogP contribution in [0.1, 0.15) is 64.0 Å². The van der Waals surface area contributed by atoms with Gasteiger partial charge >= 0.3 is 29.6 Å². The van der Waals surface area contributed by atoms with Gasteiger partial charge in [-0.2, -0.15) is 0 Å². The second-order valence-corrected chi connectivity index (χ2v) is 16.9. The van der Waals surface area contributed by atoms with Gasteiger partial charge in [0.25, 0.3) is 18.7 Å². The van der Waals surface area contributed by atoms with Crippen LogP contribution < -0.4 is 38.2 Å². The molecular weight excluding hydrogens is 467 g/mol. The van der Waals surface area contributed by atoms with E-state index in [1.807, 2.05) is 6.07 Å². The number of aryl methyl sites for hydroxylation is 1. The van der Waals surface area contributed by atoms with Crippen molar-refractivity contribution >= 4 is 29.5 Å². The Morgan fingerprint density at radius 1 is 1.15 bits per heavy atom. The van der Waals surface area contributed by atoms with Gasteiger partial charge in [-0.15, -0.1) is 0 Å². The maximum atomic E-state index is 11.2. The van der Waals surface area contributed by atoms with Gasteiger partial charge in [0, 0.05) is 10.8 Å². The van der Waals surface area contributed by atoms with Crippen LogP contribution in [0, 0.1) is 5.41 Å². The van der Waals surface area contributed by atoms with Gasteiger partial charge in [0.2, 0.25) is 0 Å². The summed E-state index contributed by atoms with van der Waals surface area (Å²) in [6.45, 7) is 13.0. The molecule has 0 spiro atoms. The monoisotopic (exact) mass is 500 g/mol. The summed E-state index contributed by atoms with van der Waals surface area (Å²) in [5.41, 5.74) is 2.30. The topological polar surface area (TPSA) is 95.9 Å². The standard InChI is InChI=1S/C24H34O6SSi.Na/c1-23(2,3)32(5,6)30-21-14-18-17(11-12-24(4)20(18)9-10-22(24)25)16-8-7-15(13-19(16)21)29-31(26,27)28;/h7-8,13-14,20,22,25H,9-12H2,1-6H3,(H,26,27,28);/q;+1/p-1/t20?,22-,24?;/m0./s1. The fraction of sp³-hybridized carbons (Fsp3) is 0.583. The molecule has 33 heavy (non-hydrogen) atoms. The van der Waals surface area contributed by atoms with Crippen LogP contribution in [0.5, 0.6) is 11.5 Å². The van der Waals surface area contributed by atoms with Gasteiger partial charge in [-0.05, 0) is 84.4 Å².